The van der Waals surface area contributed by atoms with E-state index in [9.17, 15) is 4.79 Å². The van der Waals surface area contributed by atoms with Crippen molar-refractivity contribution in [1.29, 1.82) is 0 Å². The lowest BCUT2D eigenvalue weighted by Crippen LogP contribution is -2.35. The highest BCUT2D eigenvalue weighted by Crippen LogP contribution is 2.37. The third-order valence-corrected chi connectivity index (χ3v) is 4.09. The molecule has 0 saturated heterocycles. The standard InChI is InChI=1S/C15H17N3O2/c19-15-12-9-18(8-11-2-1-7-20-11)6-5-13(12)16-14(17-15)10-3-4-10/h1-2,7,10H,3-6,8-9H2,(H,16,17,19). The first-order valence-electron chi connectivity index (χ1n) is 7.16. The number of hydrogen-bond acceptors (Lipinski definition) is 4. The lowest BCUT2D eigenvalue weighted by molar-refractivity contribution is 0.222. The fourth-order valence-corrected chi connectivity index (χ4v) is 2.81. The SMILES string of the molecule is O=c1[nH]c(C2CC2)nc2c1CN(Cc1ccco1)CC2. The van der Waals surface area contributed by atoms with Gasteiger partial charge in [0.25, 0.3) is 5.56 Å². The number of hydrogen-bond donors (Lipinski definition) is 1. The Morgan fingerprint density at radius 1 is 1.45 bits per heavy atom. The highest BCUT2D eigenvalue weighted by atomic mass is 16.3. The van der Waals surface area contributed by atoms with Crippen LogP contribution in [0.1, 0.15) is 41.6 Å². The van der Waals surface area contributed by atoms with Crippen molar-refractivity contribution in [3.05, 3.63) is 51.6 Å². The number of furan rings is 1. The van der Waals surface area contributed by atoms with Gasteiger partial charge >= 0.3 is 0 Å². The van der Waals surface area contributed by atoms with E-state index in [1.807, 2.05) is 12.1 Å². The first-order chi connectivity index (χ1) is 9.79. The summed E-state index contributed by atoms with van der Waals surface area (Å²) < 4.78 is 5.37. The number of aromatic amines is 1. The lowest BCUT2D eigenvalue weighted by Gasteiger charge is -2.26. The molecule has 0 unspecified atom stereocenters. The zero-order valence-electron chi connectivity index (χ0n) is 11.3. The Balaban J connectivity index is 1.58. The van der Waals surface area contributed by atoms with E-state index < -0.39 is 0 Å². The normalized spacial score (nSPS) is 19.0. The van der Waals surface area contributed by atoms with Crippen molar-refractivity contribution in [1.82, 2.24) is 14.9 Å². The number of nitrogens with one attached hydrogen (secondary N) is 1. The Morgan fingerprint density at radius 2 is 2.35 bits per heavy atom. The third kappa shape index (κ3) is 2.18. The van der Waals surface area contributed by atoms with Gasteiger partial charge in [-0.1, -0.05) is 0 Å². The van der Waals surface area contributed by atoms with Crippen molar-refractivity contribution in [3.8, 4) is 0 Å². The molecule has 0 spiro atoms. The van der Waals surface area contributed by atoms with E-state index in [0.29, 0.717) is 12.5 Å². The van der Waals surface area contributed by atoms with Crippen molar-refractivity contribution in [2.45, 2.75) is 38.3 Å². The van der Waals surface area contributed by atoms with Crippen LogP contribution in [-0.2, 0) is 19.5 Å². The van der Waals surface area contributed by atoms with Gasteiger partial charge in [-0.25, -0.2) is 4.98 Å². The summed E-state index contributed by atoms with van der Waals surface area (Å²) in [6.07, 6.45) is 4.85. The molecule has 4 rings (SSSR count). The van der Waals surface area contributed by atoms with Crippen molar-refractivity contribution >= 4 is 0 Å². The van der Waals surface area contributed by atoms with Crippen LogP contribution in [0.5, 0.6) is 0 Å². The van der Waals surface area contributed by atoms with Gasteiger partial charge in [0.1, 0.15) is 11.6 Å². The molecular formula is C15H17N3O2. The molecule has 0 radical (unpaired) electrons. The van der Waals surface area contributed by atoms with E-state index in [2.05, 4.69) is 14.9 Å². The van der Waals surface area contributed by atoms with E-state index in [4.69, 9.17) is 4.42 Å². The molecule has 5 heteroatoms. The monoisotopic (exact) mass is 271 g/mol. The average Bonchev–Trinajstić information content (AvgIpc) is 3.18. The summed E-state index contributed by atoms with van der Waals surface area (Å²) in [5.74, 6) is 2.33. The molecule has 3 heterocycles. The van der Waals surface area contributed by atoms with Crippen molar-refractivity contribution in [3.63, 3.8) is 0 Å². The second-order valence-corrected chi connectivity index (χ2v) is 5.69. The molecule has 2 aromatic rings. The number of nitrogens with zero attached hydrogens (tertiary/aromatic N) is 2. The van der Waals surface area contributed by atoms with Crippen LogP contribution >= 0.6 is 0 Å². The van der Waals surface area contributed by atoms with Crippen LogP contribution in [0.4, 0.5) is 0 Å². The maximum absolute atomic E-state index is 12.2. The molecule has 1 aliphatic heterocycles. The molecule has 2 aliphatic rings. The molecule has 104 valence electrons. The van der Waals surface area contributed by atoms with Crippen LogP contribution in [0.15, 0.2) is 27.6 Å². The van der Waals surface area contributed by atoms with Gasteiger partial charge in [0.15, 0.2) is 0 Å². The summed E-state index contributed by atoms with van der Waals surface area (Å²) in [5.41, 5.74) is 1.86. The molecule has 1 N–H and O–H groups in total. The summed E-state index contributed by atoms with van der Waals surface area (Å²) in [5, 5.41) is 0. The van der Waals surface area contributed by atoms with Crippen LogP contribution in [0, 0.1) is 0 Å². The van der Waals surface area contributed by atoms with Crippen molar-refractivity contribution in [2.24, 2.45) is 0 Å². The minimum Gasteiger partial charge on any atom is -0.468 e. The summed E-state index contributed by atoms with van der Waals surface area (Å²) >= 11 is 0. The molecule has 0 bridgehead atoms. The predicted octanol–water partition coefficient (Wildman–Crippen LogP) is 1.80. The van der Waals surface area contributed by atoms with Gasteiger partial charge in [0.2, 0.25) is 0 Å². The van der Waals surface area contributed by atoms with E-state index in [1.165, 1.54) is 0 Å². The first-order valence-corrected chi connectivity index (χ1v) is 7.16. The minimum atomic E-state index is 0.0426. The van der Waals surface area contributed by atoms with Gasteiger partial charge in [-0.05, 0) is 25.0 Å². The minimum absolute atomic E-state index is 0.0426. The second kappa shape index (κ2) is 4.59. The Hall–Kier alpha value is -1.88. The van der Waals surface area contributed by atoms with E-state index in [-0.39, 0.29) is 5.56 Å². The zero-order chi connectivity index (χ0) is 13.5. The van der Waals surface area contributed by atoms with E-state index in [1.54, 1.807) is 6.26 Å². The molecule has 1 aliphatic carbocycles. The quantitative estimate of drug-likeness (QED) is 0.924. The van der Waals surface area contributed by atoms with Gasteiger partial charge in [0.05, 0.1) is 24.1 Å². The molecule has 1 saturated carbocycles. The molecular weight excluding hydrogens is 254 g/mol. The van der Waals surface area contributed by atoms with Crippen molar-refractivity contribution < 1.29 is 4.42 Å². The van der Waals surface area contributed by atoms with Crippen LogP contribution in [0.3, 0.4) is 0 Å². The van der Waals surface area contributed by atoms with Gasteiger partial charge in [-0.15, -0.1) is 0 Å². The first kappa shape index (κ1) is 11.9. The second-order valence-electron chi connectivity index (χ2n) is 5.69. The van der Waals surface area contributed by atoms with Crippen LogP contribution < -0.4 is 5.56 Å². The van der Waals surface area contributed by atoms with Crippen LogP contribution in [-0.4, -0.2) is 21.4 Å². The molecule has 5 nitrogen and oxygen atoms in total. The number of aromatic nitrogens is 2. The molecule has 1 fully saturated rings. The molecule has 0 amide bonds. The molecule has 2 aromatic heterocycles. The smallest absolute Gasteiger partial charge is 0.255 e. The number of rotatable bonds is 3. The number of H-pyrrole nitrogens is 1. The zero-order valence-corrected chi connectivity index (χ0v) is 11.3. The lowest BCUT2D eigenvalue weighted by atomic mass is 10.1. The maximum Gasteiger partial charge on any atom is 0.255 e. The Kier molecular flexibility index (Phi) is 2.73. The average molecular weight is 271 g/mol. The van der Waals surface area contributed by atoms with Gasteiger partial charge in [-0.3, -0.25) is 9.69 Å². The summed E-state index contributed by atoms with van der Waals surface area (Å²) in [6, 6.07) is 3.86. The fraction of sp³-hybridized carbons (Fsp3) is 0.467. The number of fused-ring (bicyclic) bond motifs is 1. The van der Waals surface area contributed by atoms with Crippen molar-refractivity contribution in [2.75, 3.05) is 6.54 Å². The molecule has 20 heavy (non-hydrogen) atoms. The van der Waals surface area contributed by atoms with E-state index >= 15 is 0 Å². The topological polar surface area (TPSA) is 62.1 Å². The van der Waals surface area contributed by atoms with Crippen LogP contribution in [0.25, 0.3) is 0 Å². The Bertz CT molecular complexity index is 671. The summed E-state index contributed by atoms with van der Waals surface area (Å²) in [6.45, 7) is 2.33. The predicted molar refractivity (Wildman–Crippen MR) is 73.4 cm³/mol. The third-order valence-electron chi connectivity index (χ3n) is 4.09. The van der Waals surface area contributed by atoms with Gasteiger partial charge < -0.3 is 9.40 Å². The van der Waals surface area contributed by atoms with Crippen LogP contribution in [0.2, 0.25) is 0 Å². The fourth-order valence-electron chi connectivity index (χ4n) is 2.81. The largest absolute Gasteiger partial charge is 0.468 e. The highest BCUT2D eigenvalue weighted by Gasteiger charge is 2.29. The molecule has 0 aromatic carbocycles. The highest BCUT2D eigenvalue weighted by molar-refractivity contribution is 5.23. The summed E-state index contributed by atoms with van der Waals surface area (Å²) in [7, 11) is 0. The Morgan fingerprint density at radius 3 is 3.10 bits per heavy atom. The Labute approximate surface area is 116 Å². The van der Waals surface area contributed by atoms with E-state index in [0.717, 1.165) is 55.2 Å². The van der Waals surface area contributed by atoms with Gasteiger partial charge in [-0.2, -0.15) is 0 Å². The van der Waals surface area contributed by atoms with Gasteiger partial charge in [0, 0.05) is 25.4 Å². The summed E-state index contributed by atoms with van der Waals surface area (Å²) in [4.78, 5) is 22.1. The molecule has 0 atom stereocenters. The maximum atomic E-state index is 12.2.